The fraction of sp³-hybridized carbons (Fsp3) is 0.417. The number of aliphatic hydroxyl groups is 1. The Morgan fingerprint density at radius 1 is 1.26 bits per heavy atom. The molecule has 1 saturated carbocycles. The first kappa shape index (κ1) is 22.3. The molecular weight excluding hydrogens is 451 g/mol. The number of hydrogen-bond donors (Lipinski definition) is 2. The van der Waals surface area contributed by atoms with Gasteiger partial charge in [0, 0.05) is 11.1 Å². The zero-order chi connectivity index (χ0) is 24.5. The van der Waals surface area contributed by atoms with Gasteiger partial charge in [-0.2, -0.15) is 5.26 Å². The van der Waals surface area contributed by atoms with Crippen LogP contribution >= 0.6 is 0 Å². The van der Waals surface area contributed by atoms with E-state index in [1.54, 1.807) is 19.9 Å². The smallest absolute Gasteiger partial charge is 0.396 e. The van der Waals surface area contributed by atoms with Crippen LogP contribution in [0.3, 0.4) is 0 Å². The summed E-state index contributed by atoms with van der Waals surface area (Å²) in [5, 5.41) is 22.8. The zero-order valence-electron chi connectivity index (χ0n) is 18.4. The van der Waals surface area contributed by atoms with Gasteiger partial charge in [0.05, 0.1) is 35.9 Å². The van der Waals surface area contributed by atoms with Crippen LogP contribution in [0, 0.1) is 22.6 Å². The molecule has 0 saturated heterocycles. The highest BCUT2D eigenvalue weighted by Gasteiger charge is 2.53. The Hall–Kier alpha value is -3.45. The minimum Gasteiger partial charge on any atom is -0.396 e. The van der Waals surface area contributed by atoms with E-state index >= 15 is 4.39 Å². The number of hydrogen-bond acceptors (Lipinski definition) is 6. The van der Waals surface area contributed by atoms with Gasteiger partial charge in [-0.15, -0.1) is 8.78 Å². The largest absolute Gasteiger partial charge is 0.586 e. The van der Waals surface area contributed by atoms with E-state index in [-0.39, 0.29) is 23.8 Å². The molecular formula is C24H22F3N3O4. The molecule has 5 rings (SSSR count). The number of benzene rings is 2. The van der Waals surface area contributed by atoms with Crippen molar-refractivity contribution in [2.24, 2.45) is 5.41 Å². The number of fused-ring (bicyclic) bond motifs is 2. The number of halogens is 3. The molecule has 2 heterocycles. The molecule has 2 N–H and O–H groups in total. The average molecular weight is 473 g/mol. The molecule has 178 valence electrons. The summed E-state index contributed by atoms with van der Waals surface area (Å²) in [6, 6.07) is 8.77. The van der Waals surface area contributed by atoms with E-state index in [1.807, 2.05) is 0 Å². The van der Waals surface area contributed by atoms with Crippen LogP contribution in [0.25, 0.3) is 0 Å². The highest BCUT2D eigenvalue weighted by Crippen LogP contribution is 2.55. The highest BCUT2D eigenvalue weighted by atomic mass is 19.3. The van der Waals surface area contributed by atoms with Crippen molar-refractivity contribution in [3.05, 3.63) is 47.3 Å². The van der Waals surface area contributed by atoms with E-state index in [0.29, 0.717) is 36.1 Å². The molecule has 2 atom stereocenters. The predicted octanol–water partition coefficient (Wildman–Crippen LogP) is 4.22. The van der Waals surface area contributed by atoms with E-state index in [4.69, 9.17) is 0 Å². The normalized spacial score (nSPS) is 23.0. The van der Waals surface area contributed by atoms with Crippen molar-refractivity contribution < 1.29 is 32.5 Å². The van der Waals surface area contributed by atoms with Crippen LogP contribution in [0.1, 0.15) is 43.7 Å². The number of nitrogens with one attached hydrogen (secondary N) is 1. The van der Waals surface area contributed by atoms with Gasteiger partial charge >= 0.3 is 6.29 Å². The zero-order valence-corrected chi connectivity index (χ0v) is 18.4. The first-order valence-corrected chi connectivity index (χ1v) is 10.8. The second kappa shape index (κ2) is 7.27. The number of nitrogens with zero attached hydrogens (tertiary/aromatic N) is 2. The standard InChI is InChI=1S/C24H22F3N3O4/c1-22(2,11-31)21-15(10-28)14-8-18(16(25)9-17(14)29-21)30(12-32)23(5-6-23)13-3-4-19-20(7-13)34-24(26,27)33-19/h3-4,7-9,12,15,21,29,31H,5-6,11H2,1-2H3. The summed E-state index contributed by atoms with van der Waals surface area (Å²) >= 11 is 0. The third-order valence-corrected chi connectivity index (χ3v) is 6.98. The van der Waals surface area contributed by atoms with Gasteiger partial charge in [0.25, 0.3) is 0 Å². The van der Waals surface area contributed by atoms with E-state index in [0.717, 1.165) is 0 Å². The number of anilines is 2. The molecule has 0 bridgehead atoms. The van der Waals surface area contributed by atoms with E-state index in [9.17, 15) is 23.9 Å². The second-order valence-corrected chi connectivity index (χ2v) is 9.60. The number of carbonyl (C=O) groups excluding carboxylic acids is 1. The van der Waals surface area contributed by atoms with Crippen molar-refractivity contribution in [1.29, 1.82) is 5.26 Å². The Morgan fingerprint density at radius 3 is 2.59 bits per heavy atom. The molecule has 1 fully saturated rings. The topological polar surface area (TPSA) is 94.8 Å². The lowest BCUT2D eigenvalue weighted by atomic mass is 9.78. The molecule has 7 nitrogen and oxygen atoms in total. The van der Waals surface area contributed by atoms with Gasteiger partial charge in [-0.05, 0) is 48.2 Å². The summed E-state index contributed by atoms with van der Waals surface area (Å²) in [6.45, 7) is 3.43. The summed E-state index contributed by atoms with van der Waals surface area (Å²) in [5.41, 5.74) is -0.149. The van der Waals surface area contributed by atoms with Gasteiger partial charge in [-0.1, -0.05) is 19.9 Å². The molecule has 1 amide bonds. The summed E-state index contributed by atoms with van der Waals surface area (Å²) < 4.78 is 51.2. The van der Waals surface area contributed by atoms with E-state index < -0.39 is 35.0 Å². The number of carbonyl (C=O) groups is 1. The SMILES string of the molecule is CC(C)(CO)C1Nc2cc(F)c(N(C=O)C3(c4ccc5c(c4)OC(F)(F)O5)CC3)cc2C1C#N. The molecule has 2 aromatic rings. The van der Waals surface area contributed by atoms with Crippen molar-refractivity contribution in [2.45, 2.75) is 50.5 Å². The molecule has 0 spiro atoms. The maximum atomic E-state index is 15.3. The Labute approximate surface area is 193 Å². The van der Waals surface area contributed by atoms with Crippen LogP contribution in [0.15, 0.2) is 30.3 Å². The summed E-state index contributed by atoms with van der Waals surface area (Å²) in [5.74, 6) is -1.62. The number of alkyl halides is 2. The van der Waals surface area contributed by atoms with Crippen molar-refractivity contribution in [3.63, 3.8) is 0 Å². The van der Waals surface area contributed by atoms with Gasteiger partial charge < -0.3 is 24.8 Å². The maximum Gasteiger partial charge on any atom is 0.586 e. The molecule has 1 aliphatic carbocycles. The van der Waals surface area contributed by atoms with E-state index in [2.05, 4.69) is 20.9 Å². The monoisotopic (exact) mass is 473 g/mol. The lowest BCUT2D eigenvalue weighted by molar-refractivity contribution is -0.286. The quantitative estimate of drug-likeness (QED) is 0.610. The van der Waals surface area contributed by atoms with Crippen LogP contribution < -0.4 is 19.7 Å². The minimum atomic E-state index is -3.77. The van der Waals surface area contributed by atoms with Gasteiger partial charge in [-0.3, -0.25) is 4.79 Å². The fourth-order valence-corrected chi connectivity index (χ4v) is 4.88. The summed E-state index contributed by atoms with van der Waals surface area (Å²) in [6.07, 6.45) is -2.29. The van der Waals surface area contributed by atoms with Crippen molar-refractivity contribution >= 4 is 17.8 Å². The Kier molecular flexibility index (Phi) is 4.78. The number of amides is 1. The Balaban J connectivity index is 1.53. The van der Waals surface area contributed by atoms with Gasteiger partial charge in [0.2, 0.25) is 6.41 Å². The van der Waals surface area contributed by atoms with Gasteiger partial charge in [-0.25, -0.2) is 4.39 Å². The van der Waals surface area contributed by atoms with Gasteiger partial charge in [0.1, 0.15) is 5.82 Å². The Bertz CT molecular complexity index is 1220. The molecule has 3 aliphatic rings. The van der Waals surface area contributed by atoms with Crippen LogP contribution in [-0.4, -0.2) is 30.5 Å². The molecule has 34 heavy (non-hydrogen) atoms. The second-order valence-electron chi connectivity index (χ2n) is 9.60. The molecule has 0 aromatic heterocycles. The van der Waals surface area contributed by atoms with Crippen LogP contribution in [-0.2, 0) is 10.3 Å². The third kappa shape index (κ3) is 3.26. The van der Waals surface area contributed by atoms with Gasteiger partial charge in [0.15, 0.2) is 11.5 Å². The first-order valence-electron chi connectivity index (χ1n) is 10.8. The molecule has 2 aliphatic heterocycles. The maximum absolute atomic E-state index is 15.3. The van der Waals surface area contributed by atoms with Crippen molar-refractivity contribution in [2.75, 3.05) is 16.8 Å². The fourth-order valence-electron chi connectivity index (χ4n) is 4.88. The molecule has 0 radical (unpaired) electrons. The predicted molar refractivity (Wildman–Crippen MR) is 115 cm³/mol. The number of aliphatic hydroxyl groups excluding tert-OH is 1. The molecule has 2 aromatic carbocycles. The Morgan fingerprint density at radius 2 is 1.97 bits per heavy atom. The number of ether oxygens (including phenoxy) is 2. The lowest BCUT2D eigenvalue weighted by Crippen LogP contribution is -2.39. The average Bonchev–Trinajstić information content (AvgIpc) is 3.40. The highest BCUT2D eigenvalue weighted by molar-refractivity contribution is 5.82. The minimum absolute atomic E-state index is 0.0150. The lowest BCUT2D eigenvalue weighted by Gasteiger charge is -2.32. The first-order chi connectivity index (χ1) is 16.0. The number of rotatable bonds is 6. The molecule has 10 heteroatoms. The summed E-state index contributed by atoms with van der Waals surface area (Å²) in [4.78, 5) is 13.5. The summed E-state index contributed by atoms with van der Waals surface area (Å²) in [7, 11) is 0. The van der Waals surface area contributed by atoms with Crippen molar-refractivity contribution in [3.8, 4) is 17.6 Å². The van der Waals surface area contributed by atoms with Crippen LogP contribution in [0.4, 0.5) is 24.5 Å². The van der Waals surface area contributed by atoms with Crippen molar-refractivity contribution in [1.82, 2.24) is 0 Å². The number of nitriles is 1. The van der Waals surface area contributed by atoms with Crippen LogP contribution in [0.2, 0.25) is 0 Å². The third-order valence-electron chi connectivity index (χ3n) is 6.98. The van der Waals surface area contributed by atoms with Crippen LogP contribution in [0.5, 0.6) is 11.5 Å². The van der Waals surface area contributed by atoms with E-state index in [1.165, 1.54) is 29.2 Å². The molecule has 2 unspecified atom stereocenters.